The summed E-state index contributed by atoms with van der Waals surface area (Å²) in [5.74, 6) is -0.0981. The van der Waals surface area contributed by atoms with Gasteiger partial charge in [-0.2, -0.15) is 0 Å². The third-order valence-corrected chi connectivity index (χ3v) is 7.05. The summed E-state index contributed by atoms with van der Waals surface area (Å²) < 4.78 is 0. The Morgan fingerprint density at radius 2 is 1.76 bits per heavy atom. The maximum Gasteiger partial charge on any atom is 0.256 e. The van der Waals surface area contributed by atoms with Crippen molar-refractivity contribution in [3.8, 4) is 0 Å². The minimum atomic E-state index is -0.139. The molecule has 0 radical (unpaired) electrons. The Bertz CT molecular complexity index is 1110. The average Bonchev–Trinajstić information content (AvgIpc) is 3.52. The Hall–Kier alpha value is -3.43. The van der Waals surface area contributed by atoms with Crippen LogP contribution in [-0.2, 0) is 27.5 Å². The smallest absolute Gasteiger partial charge is 0.256 e. The summed E-state index contributed by atoms with van der Waals surface area (Å²) in [5, 5.41) is 9.82. The minimum Gasteiger partial charge on any atom is -0.353 e. The van der Waals surface area contributed by atoms with Crippen LogP contribution < -0.4 is 20.4 Å². The van der Waals surface area contributed by atoms with Gasteiger partial charge in [0.05, 0.1) is 13.1 Å². The van der Waals surface area contributed by atoms with E-state index in [1.54, 1.807) is 17.0 Å². The van der Waals surface area contributed by atoms with Gasteiger partial charge in [-0.3, -0.25) is 19.4 Å². The first-order valence-corrected chi connectivity index (χ1v) is 13.1. The van der Waals surface area contributed by atoms with Crippen LogP contribution in [0.4, 0.5) is 11.4 Å². The fourth-order valence-corrected chi connectivity index (χ4v) is 4.96. The Labute approximate surface area is 219 Å². The van der Waals surface area contributed by atoms with E-state index in [0.29, 0.717) is 32.6 Å². The molecule has 1 fully saturated rings. The average molecular weight is 507 g/mol. The maximum atomic E-state index is 13.4. The van der Waals surface area contributed by atoms with Gasteiger partial charge >= 0.3 is 0 Å². The van der Waals surface area contributed by atoms with E-state index in [2.05, 4.69) is 22.8 Å². The van der Waals surface area contributed by atoms with Crippen molar-refractivity contribution in [3.63, 3.8) is 0 Å². The topological polar surface area (TPSA) is 88.2 Å². The number of amides is 3. The number of benzene rings is 2. The van der Waals surface area contributed by atoms with E-state index in [1.165, 1.54) is 11.1 Å². The second-order valence-electron chi connectivity index (χ2n) is 9.69. The van der Waals surface area contributed by atoms with Crippen LogP contribution in [0.3, 0.4) is 0 Å². The number of aryl methyl sites for hydroxylation is 1. The van der Waals surface area contributed by atoms with Crippen LogP contribution in [0.2, 0.25) is 0 Å². The SMILES string of the molecule is CCNCCNC(=O)CN(CC(=O)N(C)N1Cc2ccccc2C1)c1ccc(N2CCCC2=O)cc1C. The van der Waals surface area contributed by atoms with Gasteiger partial charge < -0.3 is 20.4 Å². The van der Waals surface area contributed by atoms with Crippen LogP contribution in [0.15, 0.2) is 42.5 Å². The molecule has 4 rings (SSSR count). The highest BCUT2D eigenvalue weighted by Gasteiger charge is 2.27. The van der Waals surface area contributed by atoms with Crippen molar-refractivity contribution in [1.82, 2.24) is 20.7 Å². The van der Waals surface area contributed by atoms with Crippen molar-refractivity contribution in [1.29, 1.82) is 0 Å². The van der Waals surface area contributed by atoms with Crippen LogP contribution in [-0.4, -0.2) is 74.1 Å². The molecular weight excluding hydrogens is 468 g/mol. The standard InChI is InChI=1S/C28H38N6O3/c1-4-29-13-14-30-26(35)19-32(25-12-11-24(16-21(25)2)34-15-7-10-27(34)36)20-28(37)31(3)33-17-22-8-5-6-9-23(22)18-33/h5-6,8-9,11-12,16,29H,4,7,10,13-15,17-20H2,1-3H3,(H,30,35). The molecule has 198 valence electrons. The van der Waals surface area contributed by atoms with Gasteiger partial charge in [0.1, 0.15) is 0 Å². The summed E-state index contributed by atoms with van der Waals surface area (Å²) in [4.78, 5) is 42.1. The fourth-order valence-electron chi connectivity index (χ4n) is 4.96. The van der Waals surface area contributed by atoms with Crippen LogP contribution in [0.25, 0.3) is 0 Å². The van der Waals surface area contributed by atoms with Crippen molar-refractivity contribution in [2.24, 2.45) is 0 Å². The Morgan fingerprint density at radius 3 is 2.38 bits per heavy atom. The van der Waals surface area contributed by atoms with E-state index in [0.717, 1.165) is 36.4 Å². The second kappa shape index (κ2) is 12.2. The first-order chi connectivity index (χ1) is 17.9. The molecule has 2 aromatic carbocycles. The molecule has 1 saturated heterocycles. The Morgan fingerprint density at radius 1 is 1.03 bits per heavy atom. The van der Waals surface area contributed by atoms with Crippen LogP contribution in [0.1, 0.15) is 36.5 Å². The number of nitrogens with zero attached hydrogens (tertiary/aromatic N) is 4. The van der Waals surface area contributed by atoms with Crippen molar-refractivity contribution < 1.29 is 14.4 Å². The summed E-state index contributed by atoms with van der Waals surface area (Å²) in [7, 11) is 1.79. The van der Waals surface area contributed by atoms with Gasteiger partial charge in [-0.25, -0.2) is 5.01 Å². The second-order valence-corrected chi connectivity index (χ2v) is 9.69. The third-order valence-electron chi connectivity index (χ3n) is 7.05. The number of likely N-dealkylation sites (N-methyl/N-ethyl adjacent to an activating group) is 2. The molecule has 2 aliphatic rings. The molecule has 9 nitrogen and oxygen atoms in total. The Balaban J connectivity index is 1.48. The lowest BCUT2D eigenvalue weighted by Gasteiger charge is -2.32. The van der Waals surface area contributed by atoms with E-state index in [4.69, 9.17) is 0 Å². The lowest BCUT2D eigenvalue weighted by atomic mass is 10.1. The van der Waals surface area contributed by atoms with Gasteiger partial charge in [0, 0.05) is 57.6 Å². The van der Waals surface area contributed by atoms with Crippen LogP contribution in [0, 0.1) is 6.92 Å². The van der Waals surface area contributed by atoms with Gasteiger partial charge in [0.15, 0.2) is 0 Å². The molecule has 0 aliphatic carbocycles. The molecule has 2 aliphatic heterocycles. The fraction of sp³-hybridized carbons (Fsp3) is 0.464. The first kappa shape index (κ1) is 26.6. The molecule has 0 saturated carbocycles. The number of rotatable bonds is 11. The third kappa shape index (κ3) is 6.47. The zero-order valence-electron chi connectivity index (χ0n) is 22.1. The zero-order chi connectivity index (χ0) is 26.4. The number of hydrogen-bond acceptors (Lipinski definition) is 6. The molecule has 2 aromatic rings. The molecule has 0 aromatic heterocycles. The Kier molecular flexibility index (Phi) is 8.78. The molecule has 0 spiro atoms. The van der Waals surface area contributed by atoms with E-state index in [-0.39, 0.29) is 30.8 Å². The van der Waals surface area contributed by atoms with Gasteiger partial charge in [0.25, 0.3) is 5.91 Å². The van der Waals surface area contributed by atoms with Crippen molar-refractivity contribution >= 4 is 29.1 Å². The lowest BCUT2D eigenvalue weighted by molar-refractivity contribution is -0.145. The largest absolute Gasteiger partial charge is 0.353 e. The molecular formula is C28H38N6O3. The van der Waals surface area contributed by atoms with Crippen molar-refractivity contribution in [3.05, 3.63) is 59.2 Å². The molecule has 0 unspecified atom stereocenters. The van der Waals surface area contributed by atoms with Gasteiger partial charge in [-0.15, -0.1) is 0 Å². The first-order valence-electron chi connectivity index (χ1n) is 13.1. The highest BCUT2D eigenvalue weighted by atomic mass is 16.2. The predicted molar refractivity (Wildman–Crippen MR) is 145 cm³/mol. The number of carbonyl (C=O) groups excluding carboxylic acids is 3. The van der Waals surface area contributed by atoms with Crippen LogP contribution >= 0.6 is 0 Å². The minimum absolute atomic E-state index is 0.0623. The highest BCUT2D eigenvalue weighted by Crippen LogP contribution is 2.29. The van der Waals surface area contributed by atoms with Crippen molar-refractivity contribution in [2.75, 3.05) is 56.1 Å². The summed E-state index contributed by atoms with van der Waals surface area (Å²) in [5.41, 5.74) is 5.03. The number of hydrogen-bond donors (Lipinski definition) is 2. The number of nitrogens with one attached hydrogen (secondary N) is 2. The van der Waals surface area contributed by atoms with E-state index in [1.807, 2.05) is 54.1 Å². The number of carbonyl (C=O) groups is 3. The molecule has 0 atom stereocenters. The lowest BCUT2D eigenvalue weighted by Crippen LogP contribution is -2.48. The van der Waals surface area contributed by atoms with Gasteiger partial charge in [0.2, 0.25) is 11.8 Å². The monoisotopic (exact) mass is 506 g/mol. The number of hydrazine groups is 1. The van der Waals surface area contributed by atoms with Crippen molar-refractivity contribution in [2.45, 2.75) is 39.8 Å². The molecule has 9 heteroatoms. The summed E-state index contributed by atoms with van der Waals surface area (Å²) in [6.45, 7) is 8.24. The summed E-state index contributed by atoms with van der Waals surface area (Å²) in [6, 6.07) is 14.0. The summed E-state index contributed by atoms with van der Waals surface area (Å²) in [6.07, 6.45) is 1.43. The number of fused-ring (bicyclic) bond motifs is 1. The van der Waals surface area contributed by atoms with E-state index in [9.17, 15) is 14.4 Å². The van der Waals surface area contributed by atoms with E-state index < -0.39 is 0 Å². The number of anilines is 2. The van der Waals surface area contributed by atoms with E-state index >= 15 is 0 Å². The molecule has 0 bridgehead atoms. The molecule has 2 heterocycles. The zero-order valence-corrected chi connectivity index (χ0v) is 22.1. The normalized spacial score (nSPS) is 15.1. The highest BCUT2D eigenvalue weighted by molar-refractivity contribution is 5.96. The summed E-state index contributed by atoms with van der Waals surface area (Å²) >= 11 is 0. The maximum absolute atomic E-state index is 13.4. The quantitative estimate of drug-likeness (QED) is 0.454. The predicted octanol–water partition coefficient (Wildman–Crippen LogP) is 2.04. The van der Waals surface area contributed by atoms with Gasteiger partial charge in [-0.05, 0) is 54.8 Å². The molecule has 2 N–H and O–H groups in total. The van der Waals surface area contributed by atoms with Crippen LogP contribution in [0.5, 0.6) is 0 Å². The molecule has 37 heavy (non-hydrogen) atoms. The molecule has 3 amide bonds. The van der Waals surface area contributed by atoms with Gasteiger partial charge in [-0.1, -0.05) is 31.2 Å².